The van der Waals surface area contributed by atoms with E-state index in [-0.39, 0.29) is 5.91 Å². The lowest BCUT2D eigenvalue weighted by atomic mass is 10.2. The number of nitrogens with zero attached hydrogens (tertiary/aromatic N) is 2. The molecule has 0 N–H and O–H groups in total. The Kier molecular flexibility index (Phi) is 7.92. The molecule has 0 saturated heterocycles. The number of benzene rings is 1. The van der Waals surface area contributed by atoms with Gasteiger partial charge in [-0.1, -0.05) is 30.3 Å². The first-order chi connectivity index (χ1) is 9.71. The summed E-state index contributed by atoms with van der Waals surface area (Å²) in [6, 6.07) is 10.2. The second kappa shape index (κ2) is 9.50. The average Bonchev–Trinajstić information content (AvgIpc) is 2.47. The van der Waals surface area contributed by atoms with E-state index >= 15 is 0 Å². The van der Waals surface area contributed by atoms with Crippen LogP contribution in [0.2, 0.25) is 0 Å². The maximum Gasteiger partial charge on any atom is 0.236 e. The molecule has 0 atom stereocenters. The van der Waals surface area contributed by atoms with Crippen molar-refractivity contribution < 1.29 is 9.53 Å². The van der Waals surface area contributed by atoms with E-state index in [1.807, 2.05) is 36.9 Å². The van der Waals surface area contributed by atoms with Gasteiger partial charge in [0.2, 0.25) is 5.91 Å². The van der Waals surface area contributed by atoms with Gasteiger partial charge in [-0.25, -0.2) is 0 Å². The van der Waals surface area contributed by atoms with Crippen molar-refractivity contribution in [2.45, 2.75) is 20.4 Å². The normalized spacial score (nSPS) is 10.8. The quantitative estimate of drug-likeness (QED) is 0.692. The number of rotatable bonds is 9. The van der Waals surface area contributed by atoms with Crippen LogP contribution in [0.1, 0.15) is 19.4 Å². The van der Waals surface area contributed by atoms with Crippen LogP contribution >= 0.6 is 0 Å². The lowest BCUT2D eigenvalue weighted by Gasteiger charge is -2.25. The maximum atomic E-state index is 12.2. The highest BCUT2D eigenvalue weighted by Gasteiger charge is 2.15. The molecule has 112 valence electrons. The largest absolute Gasteiger partial charge is 0.383 e. The third-order valence-corrected chi connectivity index (χ3v) is 3.34. The van der Waals surface area contributed by atoms with Crippen molar-refractivity contribution in [3.8, 4) is 0 Å². The summed E-state index contributed by atoms with van der Waals surface area (Å²) in [4.78, 5) is 16.2. The number of ether oxygens (including phenoxy) is 1. The molecule has 1 aromatic rings. The zero-order valence-corrected chi connectivity index (χ0v) is 12.8. The number of carbonyl (C=O) groups excluding carboxylic acids is 1. The third kappa shape index (κ3) is 5.72. The van der Waals surface area contributed by atoms with Gasteiger partial charge in [0.15, 0.2) is 0 Å². The molecule has 1 amide bonds. The summed E-state index contributed by atoms with van der Waals surface area (Å²) in [5.74, 6) is 0.182. The first kappa shape index (κ1) is 16.7. The van der Waals surface area contributed by atoms with Crippen LogP contribution in [0.5, 0.6) is 0 Å². The molecule has 0 saturated carbocycles. The zero-order chi connectivity index (χ0) is 14.8. The first-order valence-corrected chi connectivity index (χ1v) is 7.24. The van der Waals surface area contributed by atoms with Gasteiger partial charge in [-0.15, -0.1) is 0 Å². The van der Waals surface area contributed by atoms with Crippen molar-refractivity contribution >= 4 is 5.91 Å². The Hall–Kier alpha value is -1.39. The molecule has 0 aliphatic carbocycles. The minimum Gasteiger partial charge on any atom is -0.383 e. The van der Waals surface area contributed by atoms with Crippen LogP contribution in [-0.2, 0) is 16.1 Å². The Morgan fingerprint density at radius 2 is 1.80 bits per heavy atom. The summed E-state index contributed by atoms with van der Waals surface area (Å²) in [6.07, 6.45) is 0. The Labute approximate surface area is 122 Å². The van der Waals surface area contributed by atoms with Gasteiger partial charge in [0.05, 0.1) is 13.2 Å². The van der Waals surface area contributed by atoms with Crippen molar-refractivity contribution in [3.05, 3.63) is 35.9 Å². The fourth-order valence-electron chi connectivity index (χ4n) is 2.14. The van der Waals surface area contributed by atoms with Gasteiger partial charge in [-0.2, -0.15) is 0 Å². The molecule has 0 bridgehead atoms. The number of hydrogen-bond donors (Lipinski definition) is 0. The molecule has 0 fully saturated rings. The van der Waals surface area contributed by atoms with Crippen LogP contribution in [0.25, 0.3) is 0 Å². The average molecular weight is 278 g/mol. The van der Waals surface area contributed by atoms with Crippen molar-refractivity contribution in [1.29, 1.82) is 0 Å². The molecule has 0 aliphatic rings. The molecule has 1 aromatic carbocycles. The minimum absolute atomic E-state index is 0.182. The van der Waals surface area contributed by atoms with Crippen molar-refractivity contribution in [1.82, 2.24) is 9.80 Å². The van der Waals surface area contributed by atoms with E-state index in [4.69, 9.17) is 4.74 Å². The van der Waals surface area contributed by atoms with Gasteiger partial charge in [0, 0.05) is 33.3 Å². The zero-order valence-electron chi connectivity index (χ0n) is 12.8. The molecule has 4 nitrogen and oxygen atoms in total. The predicted molar refractivity (Wildman–Crippen MR) is 81.5 cm³/mol. The maximum absolute atomic E-state index is 12.2. The number of methoxy groups -OCH3 is 1. The Bertz CT molecular complexity index is 377. The Morgan fingerprint density at radius 3 is 2.35 bits per heavy atom. The summed E-state index contributed by atoms with van der Waals surface area (Å²) in [5.41, 5.74) is 1.22. The van der Waals surface area contributed by atoms with Gasteiger partial charge in [0.1, 0.15) is 0 Å². The van der Waals surface area contributed by atoms with Gasteiger partial charge in [-0.3, -0.25) is 9.69 Å². The molecule has 4 heteroatoms. The second-order valence-electron chi connectivity index (χ2n) is 4.76. The van der Waals surface area contributed by atoms with E-state index in [9.17, 15) is 4.79 Å². The molecule has 0 radical (unpaired) electrons. The molecule has 0 unspecified atom stereocenters. The van der Waals surface area contributed by atoms with Crippen LogP contribution in [0.4, 0.5) is 0 Å². The van der Waals surface area contributed by atoms with E-state index in [0.29, 0.717) is 13.2 Å². The SMILES string of the molecule is CCN(CC)C(=O)CN(CCOC)Cc1ccccc1. The van der Waals surface area contributed by atoms with E-state index in [2.05, 4.69) is 17.0 Å². The molecular weight excluding hydrogens is 252 g/mol. The molecule has 20 heavy (non-hydrogen) atoms. The fraction of sp³-hybridized carbons (Fsp3) is 0.562. The number of likely N-dealkylation sites (N-methyl/N-ethyl adjacent to an activating group) is 1. The second-order valence-corrected chi connectivity index (χ2v) is 4.76. The third-order valence-electron chi connectivity index (χ3n) is 3.34. The van der Waals surface area contributed by atoms with Crippen molar-refractivity contribution in [2.24, 2.45) is 0 Å². The summed E-state index contributed by atoms with van der Waals surface area (Å²) in [7, 11) is 1.69. The fourth-order valence-corrected chi connectivity index (χ4v) is 2.14. The highest BCUT2D eigenvalue weighted by Crippen LogP contribution is 2.05. The highest BCUT2D eigenvalue weighted by atomic mass is 16.5. The van der Waals surface area contributed by atoms with Crippen LogP contribution in [0.15, 0.2) is 30.3 Å². The molecule has 1 rings (SSSR count). The molecule has 0 aromatic heterocycles. The van der Waals surface area contributed by atoms with E-state index in [1.165, 1.54) is 5.56 Å². The summed E-state index contributed by atoms with van der Waals surface area (Å²) >= 11 is 0. The van der Waals surface area contributed by atoms with E-state index in [1.54, 1.807) is 7.11 Å². The van der Waals surface area contributed by atoms with Gasteiger partial charge < -0.3 is 9.64 Å². The van der Waals surface area contributed by atoms with Crippen molar-refractivity contribution in [3.63, 3.8) is 0 Å². The predicted octanol–water partition coefficient (Wildman–Crippen LogP) is 2.00. The molecule has 0 heterocycles. The number of carbonyl (C=O) groups is 1. The van der Waals surface area contributed by atoms with Crippen LogP contribution in [0.3, 0.4) is 0 Å². The van der Waals surface area contributed by atoms with Crippen LogP contribution < -0.4 is 0 Å². The van der Waals surface area contributed by atoms with Crippen LogP contribution in [0, 0.1) is 0 Å². The first-order valence-electron chi connectivity index (χ1n) is 7.24. The monoisotopic (exact) mass is 278 g/mol. The number of hydrogen-bond acceptors (Lipinski definition) is 3. The standard InChI is InChI=1S/C16H26N2O2/c1-4-18(5-2)16(19)14-17(11-12-20-3)13-15-9-7-6-8-10-15/h6-10H,4-5,11-14H2,1-3H3. The molecule has 0 spiro atoms. The van der Waals surface area contributed by atoms with Gasteiger partial charge in [0.25, 0.3) is 0 Å². The van der Waals surface area contributed by atoms with Crippen LogP contribution in [-0.4, -0.2) is 55.6 Å². The van der Waals surface area contributed by atoms with E-state index < -0.39 is 0 Å². The topological polar surface area (TPSA) is 32.8 Å². The summed E-state index contributed by atoms with van der Waals surface area (Å²) in [5, 5.41) is 0. The summed E-state index contributed by atoms with van der Waals surface area (Å²) < 4.78 is 5.14. The Morgan fingerprint density at radius 1 is 1.15 bits per heavy atom. The molecular formula is C16H26N2O2. The van der Waals surface area contributed by atoms with Gasteiger partial charge >= 0.3 is 0 Å². The molecule has 0 aliphatic heterocycles. The van der Waals surface area contributed by atoms with E-state index in [0.717, 1.165) is 26.2 Å². The number of amides is 1. The smallest absolute Gasteiger partial charge is 0.236 e. The van der Waals surface area contributed by atoms with Gasteiger partial charge in [-0.05, 0) is 19.4 Å². The minimum atomic E-state index is 0.182. The lowest BCUT2D eigenvalue weighted by Crippen LogP contribution is -2.41. The highest BCUT2D eigenvalue weighted by molar-refractivity contribution is 5.78. The van der Waals surface area contributed by atoms with Crippen molar-refractivity contribution in [2.75, 3.05) is 39.9 Å². The summed E-state index contributed by atoms with van der Waals surface area (Å²) in [6.45, 7) is 8.17. The lowest BCUT2D eigenvalue weighted by molar-refractivity contribution is -0.132. The Balaban J connectivity index is 2.61.